The Labute approximate surface area is 129 Å². The van der Waals surface area contributed by atoms with Crippen LogP contribution in [0.2, 0.25) is 0 Å². The molecule has 22 heavy (non-hydrogen) atoms. The molecule has 0 aliphatic rings. The molecule has 0 amide bonds. The number of aliphatic hydroxyl groups is 1. The lowest BCUT2D eigenvalue weighted by Crippen LogP contribution is -2.01. The molecule has 0 fully saturated rings. The van der Waals surface area contributed by atoms with E-state index in [1.54, 1.807) is 16.9 Å². The van der Waals surface area contributed by atoms with Crippen LogP contribution in [-0.4, -0.2) is 36.7 Å². The Hall–Kier alpha value is -2.42. The summed E-state index contributed by atoms with van der Waals surface area (Å²) in [4.78, 5) is 9.67. The Morgan fingerprint density at radius 2 is 1.55 bits per heavy atom. The summed E-state index contributed by atoms with van der Waals surface area (Å²) in [5, 5.41) is 24.9. The van der Waals surface area contributed by atoms with Crippen LogP contribution in [0.3, 0.4) is 0 Å². The van der Waals surface area contributed by atoms with Crippen molar-refractivity contribution in [3.63, 3.8) is 0 Å². The lowest BCUT2D eigenvalue weighted by molar-refractivity contribution is -0.389. The van der Waals surface area contributed by atoms with E-state index in [2.05, 4.69) is 24.0 Å². The smallest absolute Gasteiger partial charge is 0.389 e. The van der Waals surface area contributed by atoms with Crippen LogP contribution >= 0.6 is 0 Å². The van der Waals surface area contributed by atoms with Crippen LogP contribution in [0.1, 0.15) is 39.8 Å². The molecular weight excluding hydrogens is 288 g/mol. The molecule has 0 saturated carbocycles. The van der Waals surface area contributed by atoms with Crippen LogP contribution in [0.4, 0.5) is 11.6 Å². The average molecular weight is 312 g/mol. The maximum atomic E-state index is 10.2. The number of hydrogen-bond donors (Lipinski definition) is 2. The average Bonchev–Trinajstić information content (AvgIpc) is 3.10. The molecule has 0 spiro atoms. The number of anilines is 1. The summed E-state index contributed by atoms with van der Waals surface area (Å²) in [6, 6.07) is 3.76. The minimum absolute atomic E-state index is 0.0984. The predicted molar refractivity (Wildman–Crippen MR) is 84.4 cm³/mol. The molecule has 124 valence electrons. The third kappa shape index (κ3) is 6.35. The number of nitrogen functional groups attached to an aromatic ring is 1. The lowest BCUT2D eigenvalue weighted by atomic mass is 10.4. The first kappa shape index (κ1) is 19.6. The molecule has 0 radical (unpaired) electrons. The molecule has 9 nitrogen and oxygen atoms in total. The van der Waals surface area contributed by atoms with E-state index in [4.69, 9.17) is 10.8 Å². The molecule has 0 aliphatic carbocycles. The van der Waals surface area contributed by atoms with E-state index in [0.29, 0.717) is 11.9 Å². The number of nitro groups is 1. The van der Waals surface area contributed by atoms with E-state index in [9.17, 15) is 10.1 Å². The predicted octanol–water partition coefficient (Wildman–Crippen LogP) is 2.03. The van der Waals surface area contributed by atoms with Gasteiger partial charge in [-0.3, -0.25) is 4.68 Å². The minimum Gasteiger partial charge on any atom is -0.400 e. The summed E-state index contributed by atoms with van der Waals surface area (Å²) < 4.78 is 3.38. The highest BCUT2D eigenvalue weighted by molar-refractivity contribution is 5.23. The van der Waals surface area contributed by atoms with Crippen molar-refractivity contribution in [2.75, 3.05) is 12.8 Å². The number of rotatable bonds is 3. The van der Waals surface area contributed by atoms with Crippen molar-refractivity contribution < 1.29 is 10.0 Å². The molecular formula is C13H24N6O3. The molecule has 0 saturated heterocycles. The van der Waals surface area contributed by atoms with Gasteiger partial charge < -0.3 is 21.0 Å². The monoisotopic (exact) mass is 312 g/mol. The van der Waals surface area contributed by atoms with Gasteiger partial charge in [-0.2, -0.15) is 9.78 Å². The molecule has 0 aliphatic heterocycles. The summed E-state index contributed by atoms with van der Waals surface area (Å²) in [6.45, 7) is 7.95. The van der Waals surface area contributed by atoms with Gasteiger partial charge in [-0.25, -0.2) is 0 Å². The highest BCUT2D eigenvalue weighted by atomic mass is 16.6. The van der Waals surface area contributed by atoms with Crippen LogP contribution in [-0.2, 0) is 0 Å². The minimum atomic E-state index is -0.501. The first-order valence-electron chi connectivity index (χ1n) is 6.76. The molecule has 0 bridgehead atoms. The quantitative estimate of drug-likeness (QED) is 0.659. The van der Waals surface area contributed by atoms with E-state index in [0.717, 1.165) is 7.11 Å². The summed E-state index contributed by atoms with van der Waals surface area (Å²) in [5.41, 5.74) is 5.38. The third-order valence-electron chi connectivity index (χ3n) is 2.47. The Balaban J connectivity index is 0.000000366. The maximum absolute atomic E-state index is 10.2. The molecule has 0 aromatic carbocycles. The van der Waals surface area contributed by atoms with Crippen molar-refractivity contribution >= 4 is 11.6 Å². The van der Waals surface area contributed by atoms with Gasteiger partial charge in [0.2, 0.25) is 0 Å². The van der Waals surface area contributed by atoms with Crippen molar-refractivity contribution in [1.82, 2.24) is 19.6 Å². The Kier molecular flexibility index (Phi) is 8.46. The lowest BCUT2D eigenvalue weighted by Gasteiger charge is -2.02. The largest absolute Gasteiger partial charge is 0.400 e. The molecule has 2 aromatic heterocycles. The highest BCUT2D eigenvalue weighted by Crippen LogP contribution is 2.09. The Morgan fingerprint density at radius 1 is 1.09 bits per heavy atom. The summed E-state index contributed by atoms with van der Waals surface area (Å²) in [6.07, 6.45) is 3.48. The zero-order valence-corrected chi connectivity index (χ0v) is 13.5. The second-order valence-electron chi connectivity index (χ2n) is 4.82. The maximum Gasteiger partial charge on any atom is 0.389 e. The zero-order chi connectivity index (χ0) is 17.3. The van der Waals surface area contributed by atoms with Crippen LogP contribution in [0.25, 0.3) is 0 Å². The molecule has 0 atom stereocenters. The number of aliphatic hydroxyl groups excluding tert-OH is 1. The van der Waals surface area contributed by atoms with Crippen LogP contribution in [0, 0.1) is 10.1 Å². The molecule has 2 rings (SSSR count). The Bertz CT molecular complexity index is 562. The van der Waals surface area contributed by atoms with E-state index < -0.39 is 4.92 Å². The highest BCUT2D eigenvalue weighted by Gasteiger charge is 2.11. The first-order chi connectivity index (χ1) is 10.3. The van der Waals surface area contributed by atoms with Crippen molar-refractivity contribution in [3.05, 3.63) is 34.6 Å². The van der Waals surface area contributed by atoms with Crippen molar-refractivity contribution in [1.29, 1.82) is 0 Å². The van der Waals surface area contributed by atoms with Gasteiger partial charge in [-0.1, -0.05) is 0 Å². The van der Waals surface area contributed by atoms with Crippen molar-refractivity contribution in [3.8, 4) is 0 Å². The van der Waals surface area contributed by atoms with Crippen molar-refractivity contribution in [2.45, 2.75) is 39.8 Å². The second-order valence-corrected chi connectivity index (χ2v) is 4.82. The van der Waals surface area contributed by atoms with Crippen LogP contribution < -0.4 is 5.73 Å². The Morgan fingerprint density at radius 3 is 1.77 bits per heavy atom. The number of nitrogens with two attached hydrogens (primary N) is 1. The molecule has 9 heteroatoms. The second kappa shape index (κ2) is 9.50. The van der Waals surface area contributed by atoms with E-state index in [-0.39, 0.29) is 11.9 Å². The molecule has 0 unspecified atom stereocenters. The SMILES string of the molecule is CC(C)n1ccc(N)n1.CC(C)n1ccc([N+](=O)[O-])n1.CO. The van der Waals surface area contributed by atoms with Crippen LogP contribution in [0.5, 0.6) is 0 Å². The van der Waals surface area contributed by atoms with E-state index in [1.165, 1.54) is 6.07 Å². The molecule has 2 aromatic rings. The van der Waals surface area contributed by atoms with Crippen molar-refractivity contribution in [2.24, 2.45) is 0 Å². The van der Waals surface area contributed by atoms with Gasteiger partial charge >= 0.3 is 5.82 Å². The molecule has 2 heterocycles. The zero-order valence-electron chi connectivity index (χ0n) is 13.5. The third-order valence-corrected chi connectivity index (χ3v) is 2.47. The number of hydrogen-bond acceptors (Lipinski definition) is 6. The summed E-state index contributed by atoms with van der Waals surface area (Å²) >= 11 is 0. The van der Waals surface area contributed by atoms with Gasteiger partial charge in [0.25, 0.3) is 0 Å². The molecule has 3 N–H and O–H groups in total. The van der Waals surface area contributed by atoms with Gasteiger partial charge in [0.1, 0.15) is 5.82 Å². The fraction of sp³-hybridized carbons (Fsp3) is 0.538. The fourth-order valence-corrected chi connectivity index (χ4v) is 1.35. The normalized spacial score (nSPS) is 9.82. The van der Waals surface area contributed by atoms with Gasteiger partial charge in [-0.15, -0.1) is 0 Å². The number of nitrogens with zero attached hydrogens (tertiary/aromatic N) is 5. The van der Waals surface area contributed by atoms with Crippen LogP contribution in [0.15, 0.2) is 24.5 Å². The van der Waals surface area contributed by atoms with Gasteiger partial charge in [0, 0.05) is 19.3 Å². The van der Waals surface area contributed by atoms with E-state index >= 15 is 0 Å². The van der Waals surface area contributed by atoms with Gasteiger partial charge in [0.05, 0.1) is 23.4 Å². The fourth-order valence-electron chi connectivity index (χ4n) is 1.35. The summed E-state index contributed by atoms with van der Waals surface area (Å²) in [5.74, 6) is 0.488. The number of aromatic nitrogens is 4. The topological polar surface area (TPSA) is 125 Å². The first-order valence-corrected chi connectivity index (χ1v) is 6.76. The van der Waals surface area contributed by atoms with Gasteiger partial charge in [0.15, 0.2) is 0 Å². The van der Waals surface area contributed by atoms with Gasteiger partial charge in [-0.05, 0) is 38.7 Å². The van der Waals surface area contributed by atoms with E-state index in [1.807, 2.05) is 24.7 Å². The summed E-state index contributed by atoms with van der Waals surface area (Å²) in [7, 11) is 1.00. The standard InChI is InChI=1S/C6H9N3O2.C6H11N3.CH4O/c1-5(2)8-4-3-6(7-8)9(10)11;1-5(2)9-4-3-6(7)8-9;1-2/h3-5H,1-2H3;3-5H,1-2H3,(H2,7,8);2H,1H3.